The van der Waals surface area contributed by atoms with Gasteiger partial charge in [-0.25, -0.2) is 4.98 Å². The van der Waals surface area contributed by atoms with Gasteiger partial charge in [-0.1, -0.05) is 24.3 Å². The molecule has 7 heteroatoms. The van der Waals surface area contributed by atoms with Crippen LogP contribution in [0.15, 0.2) is 29.6 Å². The maximum absolute atomic E-state index is 13.2. The molecule has 0 radical (unpaired) electrons. The molecular formula is C22H26N4O2S. The molecule has 0 N–H and O–H groups in total. The second kappa shape index (κ2) is 8.08. The van der Waals surface area contributed by atoms with Gasteiger partial charge in [0.25, 0.3) is 0 Å². The normalized spacial score (nSPS) is 17.0. The van der Waals surface area contributed by atoms with Crippen LogP contribution in [0.4, 0.5) is 0 Å². The van der Waals surface area contributed by atoms with Crippen LogP contribution < -0.4 is 0 Å². The quantitative estimate of drug-likeness (QED) is 0.659. The molecule has 1 aliphatic heterocycles. The molecule has 1 aliphatic rings. The Morgan fingerprint density at radius 2 is 2.00 bits per heavy atom. The summed E-state index contributed by atoms with van der Waals surface area (Å²) in [5.41, 5.74) is 6.22. The third-order valence-electron chi connectivity index (χ3n) is 5.57. The monoisotopic (exact) mass is 410 g/mol. The molecule has 4 rings (SSSR count). The molecule has 0 bridgehead atoms. The topological polar surface area (TPSA) is 60.3 Å². The van der Waals surface area contributed by atoms with Crippen LogP contribution >= 0.6 is 11.3 Å². The molecule has 3 heterocycles. The lowest BCUT2D eigenvalue weighted by Crippen LogP contribution is -2.44. The number of morpholine rings is 1. The van der Waals surface area contributed by atoms with Crippen molar-refractivity contribution in [2.75, 3.05) is 19.8 Å². The van der Waals surface area contributed by atoms with E-state index in [2.05, 4.69) is 15.5 Å². The number of thiazole rings is 1. The molecule has 1 aromatic carbocycles. The van der Waals surface area contributed by atoms with E-state index < -0.39 is 0 Å². The standard InChI is InChI=1S/C22H26N4O2S/c1-14-22(15(2)25(4)24-14)20-12-28-10-9-26(20)21(27)11-17-5-7-18(8-6-17)19-13-29-16(3)23-19/h5-8,13,20H,9-12H2,1-4H3. The van der Waals surface area contributed by atoms with E-state index in [0.29, 0.717) is 26.2 Å². The number of nitrogens with zero attached hydrogens (tertiary/aromatic N) is 4. The third-order valence-corrected chi connectivity index (χ3v) is 6.34. The number of rotatable bonds is 4. The predicted molar refractivity (Wildman–Crippen MR) is 114 cm³/mol. The molecule has 0 saturated carbocycles. The summed E-state index contributed by atoms with van der Waals surface area (Å²) in [6.45, 7) is 7.74. The zero-order valence-corrected chi connectivity index (χ0v) is 18.1. The van der Waals surface area contributed by atoms with E-state index in [4.69, 9.17) is 4.74 Å². The molecular weight excluding hydrogens is 384 g/mol. The van der Waals surface area contributed by atoms with E-state index in [-0.39, 0.29) is 11.9 Å². The first-order valence-corrected chi connectivity index (χ1v) is 10.7. The minimum Gasteiger partial charge on any atom is -0.377 e. The van der Waals surface area contributed by atoms with Crippen molar-refractivity contribution < 1.29 is 9.53 Å². The second-order valence-corrected chi connectivity index (χ2v) is 8.57. The van der Waals surface area contributed by atoms with Crippen LogP contribution in [0.5, 0.6) is 0 Å². The number of ether oxygens (including phenoxy) is 1. The van der Waals surface area contributed by atoms with Crippen molar-refractivity contribution in [3.05, 3.63) is 57.2 Å². The maximum Gasteiger partial charge on any atom is 0.227 e. The van der Waals surface area contributed by atoms with Gasteiger partial charge in [0.1, 0.15) is 0 Å². The van der Waals surface area contributed by atoms with Crippen molar-refractivity contribution in [2.45, 2.75) is 33.2 Å². The highest BCUT2D eigenvalue weighted by Gasteiger charge is 2.32. The van der Waals surface area contributed by atoms with Crippen molar-refractivity contribution in [1.82, 2.24) is 19.7 Å². The second-order valence-electron chi connectivity index (χ2n) is 7.51. The van der Waals surface area contributed by atoms with Crippen molar-refractivity contribution in [2.24, 2.45) is 7.05 Å². The average molecular weight is 411 g/mol. The summed E-state index contributed by atoms with van der Waals surface area (Å²) in [5.74, 6) is 0.123. The Morgan fingerprint density at radius 3 is 2.62 bits per heavy atom. The molecule has 3 aromatic rings. The van der Waals surface area contributed by atoms with E-state index in [0.717, 1.165) is 38.8 Å². The molecule has 0 aliphatic carbocycles. The van der Waals surface area contributed by atoms with Crippen molar-refractivity contribution in [1.29, 1.82) is 0 Å². The first-order chi connectivity index (χ1) is 13.9. The third kappa shape index (κ3) is 3.97. The number of amides is 1. The van der Waals surface area contributed by atoms with Crippen molar-refractivity contribution in [3.8, 4) is 11.3 Å². The number of carbonyl (C=O) groups excluding carboxylic acids is 1. The van der Waals surface area contributed by atoms with Gasteiger partial charge >= 0.3 is 0 Å². The van der Waals surface area contributed by atoms with Crippen LogP contribution in [0.1, 0.15) is 33.6 Å². The maximum atomic E-state index is 13.2. The smallest absolute Gasteiger partial charge is 0.227 e. The molecule has 1 saturated heterocycles. The van der Waals surface area contributed by atoms with E-state index in [1.165, 1.54) is 0 Å². The van der Waals surface area contributed by atoms with Gasteiger partial charge in [0.15, 0.2) is 0 Å². The minimum absolute atomic E-state index is 0.0813. The molecule has 1 fully saturated rings. The van der Waals surface area contributed by atoms with Crippen LogP contribution in [0, 0.1) is 20.8 Å². The zero-order valence-electron chi connectivity index (χ0n) is 17.3. The number of hydrogen-bond acceptors (Lipinski definition) is 5. The fraction of sp³-hybridized carbons (Fsp3) is 0.409. The van der Waals surface area contributed by atoms with Gasteiger partial charge in [-0.15, -0.1) is 11.3 Å². The van der Waals surface area contributed by atoms with Gasteiger partial charge in [0, 0.05) is 35.8 Å². The van der Waals surface area contributed by atoms with Crippen molar-refractivity contribution >= 4 is 17.2 Å². The van der Waals surface area contributed by atoms with Gasteiger partial charge in [-0.3, -0.25) is 9.48 Å². The Labute approximate surface area is 175 Å². The largest absolute Gasteiger partial charge is 0.377 e. The highest BCUT2D eigenvalue weighted by molar-refractivity contribution is 7.09. The van der Waals surface area contributed by atoms with E-state index >= 15 is 0 Å². The Morgan fingerprint density at radius 1 is 1.24 bits per heavy atom. The number of hydrogen-bond donors (Lipinski definition) is 0. The van der Waals surface area contributed by atoms with Gasteiger partial charge in [-0.05, 0) is 26.3 Å². The summed E-state index contributed by atoms with van der Waals surface area (Å²) >= 11 is 1.64. The molecule has 1 unspecified atom stereocenters. The number of aryl methyl sites for hydroxylation is 3. The number of aromatic nitrogens is 3. The zero-order chi connectivity index (χ0) is 20.5. The molecule has 0 spiro atoms. The first-order valence-electron chi connectivity index (χ1n) is 9.83. The molecule has 1 atom stereocenters. The van der Waals surface area contributed by atoms with Gasteiger partial charge in [0.2, 0.25) is 5.91 Å². The lowest BCUT2D eigenvalue weighted by atomic mass is 10.0. The molecule has 29 heavy (non-hydrogen) atoms. The number of benzene rings is 1. The van der Waals surface area contributed by atoms with Crippen molar-refractivity contribution in [3.63, 3.8) is 0 Å². The van der Waals surface area contributed by atoms with Crippen LogP contribution in [0.3, 0.4) is 0 Å². The summed E-state index contributed by atoms with van der Waals surface area (Å²) in [4.78, 5) is 19.7. The SMILES string of the molecule is Cc1nc(-c2ccc(CC(=O)N3CCOCC3c3c(C)nn(C)c3C)cc2)cs1. The Balaban J connectivity index is 1.52. The van der Waals surface area contributed by atoms with Crippen LogP contribution in [0.2, 0.25) is 0 Å². The Bertz CT molecular complexity index is 1020. The van der Waals surface area contributed by atoms with Gasteiger partial charge in [0.05, 0.1) is 42.1 Å². The number of carbonyl (C=O) groups is 1. The fourth-order valence-electron chi connectivity index (χ4n) is 3.98. The van der Waals surface area contributed by atoms with E-state index in [1.807, 2.05) is 61.7 Å². The fourth-order valence-corrected chi connectivity index (χ4v) is 4.60. The van der Waals surface area contributed by atoms with Gasteiger partial charge in [-0.2, -0.15) is 5.10 Å². The lowest BCUT2D eigenvalue weighted by Gasteiger charge is -2.36. The molecule has 6 nitrogen and oxygen atoms in total. The predicted octanol–water partition coefficient (Wildman–Crippen LogP) is 3.61. The van der Waals surface area contributed by atoms with E-state index in [1.54, 1.807) is 11.3 Å². The summed E-state index contributed by atoms with van der Waals surface area (Å²) in [6, 6.07) is 8.06. The lowest BCUT2D eigenvalue weighted by molar-refractivity contribution is -0.139. The van der Waals surface area contributed by atoms with E-state index in [9.17, 15) is 4.79 Å². The van der Waals surface area contributed by atoms with Crippen LogP contribution in [0.25, 0.3) is 11.3 Å². The molecule has 2 aromatic heterocycles. The minimum atomic E-state index is -0.0813. The summed E-state index contributed by atoms with van der Waals surface area (Å²) in [6.07, 6.45) is 0.380. The van der Waals surface area contributed by atoms with Gasteiger partial charge < -0.3 is 9.64 Å². The molecule has 152 valence electrons. The average Bonchev–Trinajstić information content (AvgIpc) is 3.25. The highest BCUT2D eigenvalue weighted by Crippen LogP contribution is 2.30. The van der Waals surface area contributed by atoms with Crippen LogP contribution in [-0.2, 0) is 23.0 Å². The highest BCUT2D eigenvalue weighted by atomic mass is 32.1. The summed E-state index contributed by atoms with van der Waals surface area (Å²) < 4.78 is 7.59. The first kappa shape index (κ1) is 19.8. The Kier molecular flexibility index (Phi) is 5.52. The Hall–Kier alpha value is -2.51. The summed E-state index contributed by atoms with van der Waals surface area (Å²) in [5, 5.41) is 7.64. The molecule has 1 amide bonds. The van der Waals surface area contributed by atoms with Crippen LogP contribution in [-0.4, -0.2) is 45.3 Å². The summed E-state index contributed by atoms with van der Waals surface area (Å²) in [7, 11) is 1.94.